The SMILES string of the molecule is Nc1ccc(Sc2ccc(N)c(-c3ccc(N(c4ccccc4)c4ccccc4)cc3)c2)cc1. The second kappa shape index (κ2) is 9.77. The molecule has 0 bridgehead atoms. The van der Waals surface area contributed by atoms with Crippen LogP contribution in [-0.4, -0.2) is 0 Å². The molecule has 0 saturated carbocycles. The van der Waals surface area contributed by atoms with Gasteiger partial charge in [-0.2, -0.15) is 0 Å². The van der Waals surface area contributed by atoms with E-state index in [2.05, 4.69) is 89.8 Å². The van der Waals surface area contributed by atoms with Gasteiger partial charge in [0.15, 0.2) is 0 Å². The van der Waals surface area contributed by atoms with E-state index in [-0.39, 0.29) is 0 Å². The number of hydrogen-bond acceptors (Lipinski definition) is 4. The first-order valence-electron chi connectivity index (χ1n) is 11.1. The first kappa shape index (κ1) is 21.7. The zero-order valence-electron chi connectivity index (χ0n) is 18.6. The monoisotopic (exact) mass is 459 g/mol. The summed E-state index contributed by atoms with van der Waals surface area (Å²) in [5.74, 6) is 0. The third-order valence-corrected chi connectivity index (χ3v) is 6.60. The van der Waals surface area contributed by atoms with Gasteiger partial charge in [0.2, 0.25) is 0 Å². The summed E-state index contributed by atoms with van der Waals surface area (Å²) in [5.41, 5.74) is 19.2. The second-order valence-corrected chi connectivity index (χ2v) is 9.12. The largest absolute Gasteiger partial charge is 0.399 e. The number of rotatable bonds is 6. The van der Waals surface area contributed by atoms with Crippen molar-refractivity contribution in [3.63, 3.8) is 0 Å². The van der Waals surface area contributed by atoms with Crippen LogP contribution in [0.5, 0.6) is 0 Å². The maximum atomic E-state index is 6.38. The second-order valence-electron chi connectivity index (χ2n) is 7.97. The first-order valence-corrected chi connectivity index (χ1v) is 11.9. The van der Waals surface area contributed by atoms with Gasteiger partial charge in [-0.3, -0.25) is 0 Å². The molecule has 0 heterocycles. The Labute approximate surface area is 204 Å². The van der Waals surface area contributed by atoms with Crippen molar-refractivity contribution in [3.8, 4) is 11.1 Å². The lowest BCUT2D eigenvalue weighted by molar-refractivity contribution is 1.28. The fraction of sp³-hybridized carbons (Fsp3) is 0. The molecule has 0 aliphatic heterocycles. The predicted molar refractivity (Wildman–Crippen MR) is 146 cm³/mol. The topological polar surface area (TPSA) is 55.3 Å². The third kappa shape index (κ3) is 4.77. The van der Waals surface area contributed by atoms with E-state index in [1.54, 1.807) is 11.8 Å². The highest BCUT2D eigenvalue weighted by Crippen LogP contribution is 2.38. The minimum absolute atomic E-state index is 0.761. The lowest BCUT2D eigenvalue weighted by Gasteiger charge is -2.25. The molecule has 3 nitrogen and oxygen atoms in total. The quantitative estimate of drug-likeness (QED) is 0.252. The van der Waals surface area contributed by atoms with Crippen molar-refractivity contribution in [3.05, 3.63) is 127 Å². The van der Waals surface area contributed by atoms with Gasteiger partial charge < -0.3 is 16.4 Å². The average Bonchev–Trinajstić information content (AvgIpc) is 2.89. The predicted octanol–water partition coefficient (Wildman–Crippen LogP) is 8.14. The summed E-state index contributed by atoms with van der Waals surface area (Å²) >= 11 is 1.70. The van der Waals surface area contributed by atoms with Gasteiger partial charge in [-0.15, -0.1) is 0 Å². The van der Waals surface area contributed by atoms with Crippen LogP contribution in [-0.2, 0) is 0 Å². The number of nitrogens with zero attached hydrogens (tertiary/aromatic N) is 1. The fourth-order valence-corrected chi connectivity index (χ4v) is 4.77. The van der Waals surface area contributed by atoms with Gasteiger partial charge in [-0.25, -0.2) is 0 Å². The molecule has 0 unspecified atom stereocenters. The molecule has 5 aromatic rings. The molecular formula is C30H25N3S. The summed E-state index contributed by atoms with van der Waals surface area (Å²) in [7, 11) is 0. The van der Waals surface area contributed by atoms with Gasteiger partial charge in [0, 0.05) is 43.8 Å². The molecule has 34 heavy (non-hydrogen) atoms. The van der Waals surface area contributed by atoms with E-state index in [1.807, 2.05) is 42.5 Å². The Morgan fingerprint density at radius 2 is 1.03 bits per heavy atom. The maximum absolute atomic E-state index is 6.38. The van der Waals surface area contributed by atoms with Crippen molar-refractivity contribution in [2.24, 2.45) is 0 Å². The molecule has 4 N–H and O–H groups in total. The van der Waals surface area contributed by atoms with E-state index in [9.17, 15) is 0 Å². The smallest absolute Gasteiger partial charge is 0.0462 e. The number of nitrogen functional groups attached to an aromatic ring is 2. The Balaban J connectivity index is 1.47. The number of hydrogen-bond donors (Lipinski definition) is 2. The van der Waals surface area contributed by atoms with E-state index in [0.29, 0.717) is 0 Å². The van der Waals surface area contributed by atoms with Gasteiger partial charge >= 0.3 is 0 Å². The maximum Gasteiger partial charge on any atom is 0.0462 e. The zero-order chi connectivity index (χ0) is 23.3. The summed E-state index contributed by atoms with van der Waals surface area (Å²) in [5, 5.41) is 0. The number of benzene rings is 5. The molecule has 0 aliphatic carbocycles. The minimum Gasteiger partial charge on any atom is -0.399 e. The Hall–Kier alpha value is -4.15. The molecule has 0 radical (unpaired) electrons. The van der Waals surface area contributed by atoms with Crippen LogP contribution in [0.4, 0.5) is 28.4 Å². The molecule has 0 aliphatic rings. The lowest BCUT2D eigenvalue weighted by atomic mass is 10.0. The highest BCUT2D eigenvalue weighted by Gasteiger charge is 2.13. The molecular weight excluding hydrogens is 434 g/mol. The van der Waals surface area contributed by atoms with Crippen LogP contribution in [0.15, 0.2) is 137 Å². The number of para-hydroxylation sites is 2. The highest BCUT2D eigenvalue weighted by atomic mass is 32.2. The van der Waals surface area contributed by atoms with E-state index in [1.165, 1.54) is 0 Å². The van der Waals surface area contributed by atoms with Crippen molar-refractivity contribution >= 4 is 40.2 Å². The molecule has 0 saturated heterocycles. The van der Waals surface area contributed by atoms with Crippen molar-refractivity contribution in [2.45, 2.75) is 9.79 Å². The standard InChI is InChI=1S/C30H25N3S/c31-23-13-17-27(18-14-23)34-28-19-20-30(32)29(21-28)22-11-15-26(16-12-22)33(24-7-3-1-4-8-24)25-9-5-2-6-10-25/h1-21H,31-32H2. The summed E-state index contributed by atoms with van der Waals surface area (Å²) in [4.78, 5) is 4.52. The molecule has 0 spiro atoms. The Morgan fingerprint density at radius 3 is 1.62 bits per heavy atom. The van der Waals surface area contributed by atoms with E-state index >= 15 is 0 Å². The summed E-state index contributed by atoms with van der Waals surface area (Å²) in [6, 6.07) is 43.5. The molecule has 5 aromatic carbocycles. The lowest BCUT2D eigenvalue weighted by Crippen LogP contribution is -2.09. The van der Waals surface area contributed by atoms with Crippen molar-refractivity contribution in [2.75, 3.05) is 16.4 Å². The molecule has 0 aromatic heterocycles. The van der Waals surface area contributed by atoms with E-state index in [0.717, 1.165) is 49.4 Å². The van der Waals surface area contributed by atoms with Gasteiger partial charge in [-0.1, -0.05) is 60.3 Å². The number of nitrogens with two attached hydrogens (primary N) is 2. The summed E-state index contributed by atoms with van der Waals surface area (Å²) in [6.45, 7) is 0. The van der Waals surface area contributed by atoms with Crippen LogP contribution >= 0.6 is 11.8 Å². The molecule has 5 rings (SSSR count). The molecule has 0 fully saturated rings. The van der Waals surface area contributed by atoms with Gasteiger partial charge in [0.05, 0.1) is 0 Å². The van der Waals surface area contributed by atoms with Gasteiger partial charge in [0.25, 0.3) is 0 Å². The fourth-order valence-electron chi connectivity index (χ4n) is 3.91. The van der Waals surface area contributed by atoms with Crippen LogP contribution < -0.4 is 16.4 Å². The molecule has 166 valence electrons. The van der Waals surface area contributed by atoms with Crippen LogP contribution in [0.3, 0.4) is 0 Å². The highest BCUT2D eigenvalue weighted by molar-refractivity contribution is 7.99. The van der Waals surface area contributed by atoms with Gasteiger partial charge in [0.1, 0.15) is 0 Å². The summed E-state index contributed by atoms with van der Waals surface area (Å²) in [6.07, 6.45) is 0. The molecule has 4 heteroatoms. The van der Waals surface area contributed by atoms with E-state index < -0.39 is 0 Å². The normalized spacial score (nSPS) is 10.7. The average molecular weight is 460 g/mol. The Kier molecular flexibility index (Phi) is 6.23. The number of anilines is 5. The first-order chi connectivity index (χ1) is 16.7. The molecule has 0 atom stereocenters. The summed E-state index contributed by atoms with van der Waals surface area (Å²) < 4.78 is 0. The van der Waals surface area contributed by atoms with Gasteiger partial charge in [-0.05, 0) is 84.4 Å². The Bertz CT molecular complexity index is 1330. The molecule has 0 amide bonds. The van der Waals surface area contributed by atoms with Crippen LogP contribution in [0, 0.1) is 0 Å². The minimum atomic E-state index is 0.761. The third-order valence-electron chi connectivity index (χ3n) is 5.61. The van der Waals surface area contributed by atoms with Crippen molar-refractivity contribution < 1.29 is 0 Å². The van der Waals surface area contributed by atoms with Crippen LogP contribution in [0.2, 0.25) is 0 Å². The Morgan fingerprint density at radius 1 is 0.500 bits per heavy atom. The van der Waals surface area contributed by atoms with Crippen molar-refractivity contribution in [1.82, 2.24) is 0 Å². The van der Waals surface area contributed by atoms with E-state index in [4.69, 9.17) is 11.5 Å². The van der Waals surface area contributed by atoms with Crippen molar-refractivity contribution in [1.29, 1.82) is 0 Å². The van der Waals surface area contributed by atoms with Crippen LogP contribution in [0.25, 0.3) is 11.1 Å². The van der Waals surface area contributed by atoms with Crippen LogP contribution in [0.1, 0.15) is 0 Å². The zero-order valence-corrected chi connectivity index (χ0v) is 19.5.